The van der Waals surface area contributed by atoms with E-state index in [-0.39, 0.29) is 0 Å². The SMILES string of the molecule is CC(C)CCN(c1ccc(Cl)cc1CNC1CC1)C1CC1. The summed E-state index contributed by atoms with van der Waals surface area (Å²) in [4.78, 5) is 2.63. The number of hydrogen-bond donors (Lipinski definition) is 1. The van der Waals surface area contributed by atoms with Gasteiger partial charge in [0.25, 0.3) is 0 Å². The Morgan fingerprint density at radius 2 is 2.00 bits per heavy atom. The van der Waals surface area contributed by atoms with Crippen LogP contribution in [0.1, 0.15) is 51.5 Å². The minimum absolute atomic E-state index is 0.738. The first-order valence-electron chi connectivity index (χ1n) is 8.42. The summed E-state index contributed by atoms with van der Waals surface area (Å²) in [5, 5.41) is 4.49. The number of nitrogens with one attached hydrogen (secondary N) is 1. The Bertz CT molecular complexity index is 478. The molecule has 0 aromatic heterocycles. The summed E-state index contributed by atoms with van der Waals surface area (Å²) in [6.45, 7) is 6.73. The first-order valence-corrected chi connectivity index (χ1v) is 8.79. The maximum absolute atomic E-state index is 6.23. The van der Waals surface area contributed by atoms with Crippen LogP contribution in [0.5, 0.6) is 0 Å². The van der Waals surface area contributed by atoms with Gasteiger partial charge in [0.15, 0.2) is 0 Å². The molecular formula is C18H27ClN2. The van der Waals surface area contributed by atoms with Gasteiger partial charge in [-0.05, 0) is 61.8 Å². The molecule has 21 heavy (non-hydrogen) atoms. The van der Waals surface area contributed by atoms with Crippen molar-refractivity contribution >= 4 is 17.3 Å². The van der Waals surface area contributed by atoms with Crippen LogP contribution in [0.4, 0.5) is 5.69 Å². The molecule has 0 bridgehead atoms. The zero-order chi connectivity index (χ0) is 14.8. The van der Waals surface area contributed by atoms with E-state index in [2.05, 4.69) is 36.2 Å². The zero-order valence-corrected chi connectivity index (χ0v) is 14.0. The number of rotatable bonds is 8. The summed E-state index contributed by atoms with van der Waals surface area (Å²) >= 11 is 6.23. The molecule has 2 aliphatic rings. The van der Waals surface area contributed by atoms with Crippen molar-refractivity contribution in [2.45, 2.75) is 64.6 Å². The van der Waals surface area contributed by atoms with Gasteiger partial charge in [0.1, 0.15) is 0 Å². The van der Waals surface area contributed by atoms with E-state index in [9.17, 15) is 0 Å². The third kappa shape index (κ3) is 4.37. The van der Waals surface area contributed by atoms with Crippen LogP contribution in [0.2, 0.25) is 5.02 Å². The number of nitrogens with zero attached hydrogens (tertiary/aromatic N) is 1. The predicted molar refractivity (Wildman–Crippen MR) is 91.1 cm³/mol. The number of benzene rings is 1. The summed E-state index contributed by atoms with van der Waals surface area (Å²) in [7, 11) is 0. The van der Waals surface area contributed by atoms with Crippen LogP contribution in [-0.4, -0.2) is 18.6 Å². The fraction of sp³-hybridized carbons (Fsp3) is 0.667. The average Bonchev–Trinajstić information content (AvgIpc) is 3.32. The van der Waals surface area contributed by atoms with Gasteiger partial charge in [-0.15, -0.1) is 0 Å². The first-order chi connectivity index (χ1) is 10.1. The highest BCUT2D eigenvalue weighted by Gasteiger charge is 2.30. The summed E-state index contributed by atoms with van der Waals surface area (Å²) in [5.74, 6) is 0.756. The fourth-order valence-corrected chi connectivity index (χ4v) is 3.00. The van der Waals surface area contributed by atoms with E-state index in [1.54, 1.807) is 0 Å². The fourth-order valence-electron chi connectivity index (χ4n) is 2.80. The molecule has 2 aliphatic carbocycles. The number of halogens is 1. The summed E-state index contributed by atoms with van der Waals surface area (Å²) < 4.78 is 0. The van der Waals surface area contributed by atoms with Gasteiger partial charge in [0, 0.05) is 35.9 Å². The van der Waals surface area contributed by atoms with Crippen LogP contribution in [0.25, 0.3) is 0 Å². The molecule has 0 radical (unpaired) electrons. The lowest BCUT2D eigenvalue weighted by molar-refractivity contribution is 0.569. The van der Waals surface area contributed by atoms with Crippen molar-refractivity contribution in [2.75, 3.05) is 11.4 Å². The summed E-state index contributed by atoms with van der Waals surface area (Å²) in [6, 6.07) is 7.91. The molecule has 3 rings (SSSR count). The lowest BCUT2D eigenvalue weighted by Gasteiger charge is -2.28. The highest BCUT2D eigenvalue weighted by atomic mass is 35.5. The monoisotopic (exact) mass is 306 g/mol. The van der Waals surface area contributed by atoms with Gasteiger partial charge in [-0.3, -0.25) is 0 Å². The molecule has 0 amide bonds. The molecule has 1 aromatic rings. The van der Waals surface area contributed by atoms with Crippen molar-refractivity contribution in [1.29, 1.82) is 0 Å². The van der Waals surface area contributed by atoms with Crippen LogP contribution in [0.3, 0.4) is 0 Å². The second-order valence-corrected chi connectivity index (χ2v) is 7.47. The molecule has 116 valence electrons. The van der Waals surface area contributed by atoms with Crippen LogP contribution >= 0.6 is 11.6 Å². The Hall–Kier alpha value is -0.730. The quantitative estimate of drug-likeness (QED) is 0.754. The molecule has 2 fully saturated rings. The standard InChI is InChI=1S/C18H27ClN2/c1-13(2)9-10-21(17-6-7-17)18-8-3-15(19)11-14(18)12-20-16-4-5-16/h3,8,11,13,16-17,20H,4-7,9-10,12H2,1-2H3. The Labute approximate surface area is 133 Å². The van der Waals surface area contributed by atoms with E-state index in [1.165, 1.54) is 49.9 Å². The molecule has 0 saturated heterocycles. The Balaban J connectivity index is 1.75. The Kier molecular flexibility index (Phi) is 4.75. The topological polar surface area (TPSA) is 15.3 Å². The first kappa shape index (κ1) is 15.2. The second-order valence-electron chi connectivity index (χ2n) is 7.04. The van der Waals surface area contributed by atoms with E-state index in [0.717, 1.165) is 29.6 Å². The molecular weight excluding hydrogens is 280 g/mol. The maximum atomic E-state index is 6.23. The van der Waals surface area contributed by atoms with Crippen molar-refractivity contribution in [1.82, 2.24) is 5.32 Å². The predicted octanol–water partition coefficient (Wildman–Crippen LogP) is 4.61. The maximum Gasteiger partial charge on any atom is 0.0415 e. The van der Waals surface area contributed by atoms with Gasteiger partial charge in [-0.1, -0.05) is 25.4 Å². The molecule has 0 unspecified atom stereocenters. The molecule has 0 spiro atoms. The summed E-state index contributed by atoms with van der Waals surface area (Å²) in [5.41, 5.74) is 2.76. The highest BCUT2D eigenvalue weighted by Crippen LogP contribution is 2.35. The molecule has 2 saturated carbocycles. The van der Waals surface area contributed by atoms with Crippen LogP contribution in [0, 0.1) is 5.92 Å². The Morgan fingerprint density at radius 3 is 2.62 bits per heavy atom. The highest BCUT2D eigenvalue weighted by molar-refractivity contribution is 6.30. The van der Waals surface area contributed by atoms with E-state index < -0.39 is 0 Å². The molecule has 0 atom stereocenters. The molecule has 0 aliphatic heterocycles. The van der Waals surface area contributed by atoms with E-state index in [0.29, 0.717) is 0 Å². The molecule has 3 heteroatoms. The van der Waals surface area contributed by atoms with E-state index in [1.807, 2.05) is 6.07 Å². The lowest BCUT2D eigenvalue weighted by atomic mass is 10.1. The third-order valence-electron chi connectivity index (χ3n) is 4.44. The second kappa shape index (κ2) is 6.58. The van der Waals surface area contributed by atoms with Crippen molar-refractivity contribution in [3.05, 3.63) is 28.8 Å². The van der Waals surface area contributed by atoms with Crippen molar-refractivity contribution in [2.24, 2.45) is 5.92 Å². The van der Waals surface area contributed by atoms with Crippen LogP contribution < -0.4 is 10.2 Å². The minimum Gasteiger partial charge on any atom is -0.368 e. The van der Waals surface area contributed by atoms with Crippen molar-refractivity contribution in [3.8, 4) is 0 Å². The van der Waals surface area contributed by atoms with Crippen LogP contribution in [0.15, 0.2) is 18.2 Å². The van der Waals surface area contributed by atoms with E-state index >= 15 is 0 Å². The largest absolute Gasteiger partial charge is 0.368 e. The van der Waals surface area contributed by atoms with Gasteiger partial charge < -0.3 is 10.2 Å². The number of hydrogen-bond acceptors (Lipinski definition) is 2. The van der Waals surface area contributed by atoms with Gasteiger partial charge >= 0.3 is 0 Å². The lowest BCUT2D eigenvalue weighted by Crippen LogP contribution is -2.29. The van der Waals surface area contributed by atoms with Gasteiger partial charge in [-0.25, -0.2) is 0 Å². The van der Waals surface area contributed by atoms with Gasteiger partial charge in [-0.2, -0.15) is 0 Å². The Morgan fingerprint density at radius 1 is 1.24 bits per heavy atom. The van der Waals surface area contributed by atoms with E-state index in [4.69, 9.17) is 11.6 Å². The van der Waals surface area contributed by atoms with Gasteiger partial charge in [0.05, 0.1) is 0 Å². The molecule has 0 heterocycles. The molecule has 1 N–H and O–H groups in total. The average molecular weight is 307 g/mol. The molecule has 2 nitrogen and oxygen atoms in total. The zero-order valence-electron chi connectivity index (χ0n) is 13.2. The van der Waals surface area contributed by atoms with Crippen LogP contribution in [-0.2, 0) is 6.54 Å². The number of anilines is 1. The summed E-state index contributed by atoms with van der Waals surface area (Å²) in [6.07, 6.45) is 6.60. The third-order valence-corrected chi connectivity index (χ3v) is 4.68. The molecule has 1 aromatic carbocycles. The smallest absolute Gasteiger partial charge is 0.0415 e. The van der Waals surface area contributed by atoms with Gasteiger partial charge in [0.2, 0.25) is 0 Å². The van der Waals surface area contributed by atoms with Crippen molar-refractivity contribution in [3.63, 3.8) is 0 Å². The normalized spacial score (nSPS) is 18.3. The van der Waals surface area contributed by atoms with Crippen molar-refractivity contribution < 1.29 is 0 Å². The minimum atomic E-state index is 0.738.